The van der Waals surface area contributed by atoms with E-state index in [0.717, 1.165) is 22.5 Å². The number of anilines is 1. The summed E-state index contributed by atoms with van der Waals surface area (Å²) in [7, 11) is 0. The molecule has 0 bridgehead atoms. The molecule has 0 saturated heterocycles. The minimum Gasteiger partial charge on any atom is -0.320 e. The Morgan fingerprint density at radius 2 is 1.74 bits per heavy atom. The molecule has 0 spiro atoms. The van der Waals surface area contributed by atoms with Crippen LogP contribution in [-0.4, -0.2) is 27.3 Å². The molecule has 27 heavy (non-hydrogen) atoms. The second-order valence-corrected chi connectivity index (χ2v) is 6.57. The zero-order valence-electron chi connectivity index (χ0n) is 14.8. The highest BCUT2D eigenvalue weighted by Gasteiger charge is 2.23. The van der Waals surface area contributed by atoms with Crippen molar-refractivity contribution in [2.75, 3.05) is 11.9 Å². The lowest BCUT2D eigenvalue weighted by Crippen LogP contribution is -2.40. The summed E-state index contributed by atoms with van der Waals surface area (Å²) in [6.07, 6.45) is 0.632. The number of fused-ring (bicyclic) bond motifs is 1. The van der Waals surface area contributed by atoms with Crippen LogP contribution < -0.4 is 10.9 Å². The van der Waals surface area contributed by atoms with Gasteiger partial charge in [0.05, 0.1) is 12.2 Å². The predicted octanol–water partition coefficient (Wildman–Crippen LogP) is 2.88. The monoisotopic (exact) mass is 360 g/mol. The number of para-hydroxylation sites is 1. The highest BCUT2D eigenvalue weighted by Crippen LogP contribution is 2.17. The quantitative estimate of drug-likeness (QED) is 0.781. The van der Waals surface area contributed by atoms with Gasteiger partial charge in [0, 0.05) is 36.8 Å². The first-order valence-corrected chi connectivity index (χ1v) is 8.94. The molecule has 0 atom stereocenters. The summed E-state index contributed by atoms with van der Waals surface area (Å²) in [5.74, 6) is 0. The maximum atomic E-state index is 12.5. The van der Waals surface area contributed by atoms with Crippen LogP contribution in [0.4, 0.5) is 10.5 Å². The van der Waals surface area contributed by atoms with Gasteiger partial charge in [0.2, 0.25) is 0 Å². The molecule has 0 radical (unpaired) electrons. The third-order valence-electron chi connectivity index (χ3n) is 4.63. The molecule has 6 nitrogen and oxygen atoms in total. The Hall–Kier alpha value is -3.41. The molecule has 0 fully saturated rings. The Bertz CT molecular complexity index is 1000. The van der Waals surface area contributed by atoms with E-state index in [1.54, 1.807) is 11.0 Å². The van der Waals surface area contributed by atoms with Crippen LogP contribution >= 0.6 is 0 Å². The minimum absolute atomic E-state index is 0.150. The largest absolute Gasteiger partial charge is 0.322 e. The predicted molar refractivity (Wildman–Crippen MR) is 104 cm³/mol. The first kappa shape index (κ1) is 17.0. The SMILES string of the molecule is O=C(Nc1ccccc1)N1CCc2nn(Cc3ccccc3)c(=O)cc2C1. The zero-order valence-corrected chi connectivity index (χ0v) is 14.8. The highest BCUT2D eigenvalue weighted by molar-refractivity contribution is 5.89. The summed E-state index contributed by atoms with van der Waals surface area (Å²) in [6, 6.07) is 20.6. The van der Waals surface area contributed by atoms with Crippen molar-refractivity contribution in [1.29, 1.82) is 0 Å². The highest BCUT2D eigenvalue weighted by atomic mass is 16.2. The molecule has 6 heteroatoms. The molecule has 2 aromatic carbocycles. The average Bonchev–Trinajstić information content (AvgIpc) is 2.70. The van der Waals surface area contributed by atoms with E-state index in [-0.39, 0.29) is 11.6 Å². The van der Waals surface area contributed by atoms with E-state index in [0.29, 0.717) is 26.1 Å². The Morgan fingerprint density at radius 1 is 1.04 bits per heavy atom. The van der Waals surface area contributed by atoms with Crippen LogP contribution in [0.1, 0.15) is 16.8 Å². The van der Waals surface area contributed by atoms with Gasteiger partial charge in [-0.1, -0.05) is 48.5 Å². The molecule has 1 aliphatic rings. The number of benzene rings is 2. The van der Waals surface area contributed by atoms with Gasteiger partial charge in [-0.3, -0.25) is 4.79 Å². The molecule has 3 aromatic rings. The van der Waals surface area contributed by atoms with Gasteiger partial charge in [0.25, 0.3) is 5.56 Å². The maximum Gasteiger partial charge on any atom is 0.322 e. The number of aromatic nitrogens is 2. The molecule has 1 aromatic heterocycles. The lowest BCUT2D eigenvalue weighted by atomic mass is 10.1. The summed E-state index contributed by atoms with van der Waals surface area (Å²) in [5.41, 5.74) is 3.34. The van der Waals surface area contributed by atoms with E-state index >= 15 is 0 Å². The van der Waals surface area contributed by atoms with Gasteiger partial charge in [-0.15, -0.1) is 0 Å². The van der Waals surface area contributed by atoms with Gasteiger partial charge in [-0.05, 0) is 17.7 Å². The number of hydrogen-bond acceptors (Lipinski definition) is 3. The van der Waals surface area contributed by atoms with E-state index in [4.69, 9.17) is 0 Å². The molecular formula is C21H20N4O2. The molecular weight excluding hydrogens is 340 g/mol. The smallest absolute Gasteiger partial charge is 0.320 e. The van der Waals surface area contributed by atoms with Crippen LogP contribution in [0.15, 0.2) is 71.5 Å². The van der Waals surface area contributed by atoms with E-state index in [1.807, 2.05) is 60.7 Å². The van der Waals surface area contributed by atoms with Crippen molar-refractivity contribution < 1.29 is 4.79 Å². The van der Waals surface area contributed by atoms with Crippen LogP contribution in [0.2, 0.25) is 0 Å². The standard InChI is InChI=1S/C21H20N4O2/c26-20-13-17-15-24(21(27)22-18-9-5-2-6-10-18)12-11-19(17)23-25(20)14-16-7-3-1-4-8-16/h1-10,13H,11-12,14-15H2,(H,22,27). The molecule has 136 valence electrons. The van der Waals surface area contributed by atoms with Crippen LogP contribution in [0.3, 0.4) is 0 Å². The fourth-order valence-corrected chi connectivity index (χ4v) is 3.21. The van der Waals surface area contributed by atoms with Crippen molar-refractivity contribution in [1.82, 2.24) is 14.7 Å². The normalized spacial score (nSPS) is 13.1. The maximum absolute atomic E-state index is 12.5. The number of carbonyl (C=O) groups excluding carboxylic acids is 1. The Morgan fingerprint density at radius 3 is 2.48 bits per heavy atom. The van der Waals surface area contributed by atoms with Gasteiger partial charge < -0.3 is 10.2 Å². The number of amides is 2. The summed E-state index contributed by atoms with van der Waals surface area (Å²) < 4.78 is 1.49. The van der Waals surface area contributed by atoms with Crippen molar-refractivity contribution in [3.63, 3.8) is 0 Å². The van der Waals surface area contributed by atoms with Crippen LogP contribution in [0.25, 0.3) is 0 Å². The van der Waals surface area contributed by atoms with Gasteiger partial charge in [0.15, 0.2) is 0 Å². The van der Waals surface area contributed by atoms with Crippen molar-refractivity contribution in [2.24, 2.45) is 0 Å². The topological polar surface area (TPSA) is 67.2 Å². The lowest BCUT2D eigenvalue weighted by molar-refractivity contribution is 0.205. The molecule has 0 unspecified atom stereocenters. The third kappa shape index (κ3) is 3.89. The lowest BCUT2D eigenvalue weighted by Gasteiger charge is -2.28. The van der Waals surface area contributed by atoms with Crippen molar-refractivity contribution in [2.45, 2.75) is 19.5 Å². The summed E-state index contributed by atoms with van der Waals surface area (Å²) in [5, 5.41) is 7.42. The number of carbonyl (C=O) groups is 1. The first-order valence-electron chi connectivity index (χ1n) is 8.94. The Kier molecular flexibility index (Phi) is 4.70. The Labute approximate surface area is 157 Å². The molecule has 1 aliphatic heterocycles. The summed E-state index contributed by atoms with van der Waals surface area (Å²) in [6.45, 7) is 1.41. The second kappa shape index (κ2) is 7.45. The van der Waals surface area contributed by atoms with Gasteiger partial charge >= 0.3 is 6.03 Å². The number of nitrogens with zero attached hydrogens (tertiary/aromatic N) is 3. The fourth-order valence-electron chi connectivity index (χ4n) is 3.21. The average molecular weight is 360 g/mol. The summed E-state index contributed by atoms with van der Waals surface area (Å²) in [4.78, 5) is 26.6. The van der Waals surface area contributed by atoms with E-state index in [9.17, 15) is 9.59 Å². The number of rotatable bonds is 3. The second-order valence-electron chi connectivity index (χ2n) is 6.57. The molecule has 2 amide bonds. The van der Waals surface area contributed by atoms with Crippen LogP contribution in [0.5, 0.6) is 0 Å². The fraction of sp³-hybridized carbons (Fsp3) is 0.190. The van der Waals surface area contributed by atoms with Crippen molar-refractivity contribution >= 4 is 11.7 Å². The van der Waals surface area contributed by atoms with E-state index in [1.165, 1.54) is 4.68 Å². The zero-order chi connectivity index (χ0) is 18.6. The van der Waals surface area contributed by atoms with Gasteiger partial charge in [-0.2, -0.15) is 5.10 Å². The third-order valence-corrected chi connectivity index (χ3v) is 4.63. The number of urea groups is 1. The Balaban J connectivity index is 1.49. The summed E-state index contributed by atoms with van der Waals surface area (Å²) >= 11 is 0. The van der Waals surface area contributed by atoms with Gasteiger partial charge in [-0.25, -0.2) is 9.48 Å². The van der Waals surface area contributed by atoms with Crippen LogP contribution in [-0.2, 0) is 19.5 Å². The molecule has 0 aliphatic carbocycles. The van der Waals surface area contributed by atoms with Crippen molar-refractivity contribution in [3.8, 4) is 0 Å². The first-order chi connectivity index (χ1) is 13.2. The van der Waals surface area contributed by atoms with Crippen LogP contribution in [0, 0.1) is 0 Å². The minimum atomic E-state index is -0.166. The van der Waals surface area contributed by atoms with E-state index in [2.05, 4.69) is 10.4 Å². The molecule has 4 rings (SSSR count). The number of nitrogens with one attached hydrogen (secondary N) is 1. The van der Waals surface area contributed by atoms with Gasteiger partial charge in [0.1, 0.15) is 0 Å². The molecule has 1 N–H and O–H groups in total. The number of hydrogen-bond donors (Lipinski definition) is 1. The van der Waals surface area contributed by atoms with E-state index < -0.39 is 0 Å². The van der Waals surface area contributed by atoms with Crippen molar-refractivity contribution in [3.05, 3.63) is 93.9 Å². The molecule has 2 heterocycles. The molecule has 0 saturated carbocycles.